The summed E-state index contributed by atoms with van der Waals surface area (Å²) in [6.07, 6.45) is 9.12. The molecule has 2 atom stereocenters. The molecule has 0 radical (unpaired) electrons. The zero-order valence-electron chi connectivity index (χ0n) is 22.5. The predicted molar refractivity (Wildman–Crippen MR) is 149 cm³/mol. The van der Waals surface area contributed by atoms with Crippen LogP contribution < -0.4 is 10.1 Å². The number of hydrogen-bond donors (Lipinski definition) is 1. The van der Waals surface area contributed by atoms with Crippen molar-refractivity contribution in [2.45, 2.75) is 71.1 Å². The highest BCUT2D eigenvalue weighted by Gasteiger charge is 2.33. The zero-order valence-corrected chi connectivity index (χ0v) is 24.1. The number of carbonyl (C=O) groups excluding carboxylic acids is 2. The number of amides is 2. The minimum absolute atomic E-state index is 0.136. The monoisotopic (exact) mass is 572 g/mol. The van der Waals surface area contributed by atoms with E-state index >= 15 is 0 Å². The maximum atomic E-state index is 13.4. The van der Waals surface area contributed by atoms with Gasteiger partial charge in [-0.05, 0) is 65.5 Å². The quantitative estimate of drug-likeness (QED) is 0.365. The smallest absolute Gasteiger partial charge is 0.410 e. The van der Waals surface area contributed by atoms with E-state index in [9.17, 15) is 9.59 Å². The molecule has 1 fully saturated rings. The SMILES string of the molecule is CCOc1cncc(-c2cnc(C(=O)N[C@H](C[C@@H]3CCCCN3C(=O)OC(C)(C)C)c3cc(Cl)ccn3)s2)n1. The van der Waals surface area contributed by atoms with Crippen LogP contribution in [0.25, 0.3) is 10.6 Å². The van der Waals surface area contributed by atoms with Gasteiger partial charge in [-0.25, -0.2) is 14.8 Å². The molecule has 1 aliphatic rings. The fourth-order valence-electron chi connectivity index (χ4n) is 4.35. The molecule has 1 N–H and O–H groups in total. The summed E-state index contributed by atoms with van der Waals surface area (Å²) in [5, 5.41) is 3.86. The van der Waals surface area contributed by atoms with E-state index in [0.29, 0.717) is 46.7 Å². The standard InChI is InChI=1S/C27H33ClN6O4S/c1-5-37-23-16-29-14-21(32-23)22-15-31-25(39-22)24(35)33-20(19-12-17(28)9-10-30-19)13-18-8-6-7-11-34(18)26(36)38-27(2,3)4/h9-10,12,14-16,18,20H,5-8,11,13H2,1-4H3,(H,33,35)/t18-,20+/m0/s1. The Morgan fingerprint density at radius 2 is 2.05 bits per heavy atom. The number of carbonyl (C=O) groups is 2. The summed E-state index contributed by atoms with van der Waals surface area (Å²) in [5.74, 6) is 0.0510. The van der Waals surface area contributed by atoms with E-state index in [0.717, 1.165) is 19.3 Å². The summed E-state index contributed by atoms with van der Waals surface area (Å²) in [4.78, 5) is 46.2. The maximum Gasteiger partial charge on any atom is 0.410 e. The molecule has 0 unspecified atom stereocenters. The molecule has 0 aliphatic carbocycles. The van der Waals surface area contributed by atoms with Gasteiger partial charge in [0.05, 0.1) is 35.6 Å². The molecule has 0 bridgehead atoms. The lowest BCUT2D eigenvalue weighted by molar-refractivity contribution is 0.00767. The minimum Gasteiger partial charge on any atom is -0.477 e. The Morgan fingerprint density at radius 1 is 1.23 bits per heavy atom. The molecule has 1 aliphatic heterocycles. The number of nitrogens with one attached hydrogen (secondary N) is 1. The molecule has 2 amide bonds. The van der Waals surface area contributed by atoms with E-state index < -0.39 is 11.6 Å². The second-order valence-electron chi connectivity index (χ2n) is 10.2. The molecule has 208 valence electrons. The van der Waals surface area contributed by atoms with Gasteiger partial charge in [0, 0.05) is 30.0 Å². The minimum atomic E-state index is -0.601. The molecular formula is C27H33ClN6O4S. The van der Waals surface area contributed by atoms with Crippen LogP contribution in [0.5, 0.6) is 5.88 Å². The second-order valence-corrected chi connectivity index (χ2v) is 11.7. The number of aromatic nitrogens is 4. The van der Waals surface area contributed by atoms with Crippen LogP contribution in [0.2, 0.25) is 5.02 Å². The molecule has 12 heteroatoms. The number of thiazole rings is 1. The van der Waals surface area contributed by atoms with Gasteiger partial charge >= 0.3 is 6.09 Å². The van der Waals surface area contributed by atoms with Crippen molar-refractivity contribution in [3.8, 4) is 16.5 Å². The first-order valence-corrected chi connectivity index (χ1v) is 14.2. The first-order chi connectivity index (χ1) is 18.6. The fraction of sp³-hybridized carbons (Fsp3) is 0.481. The van der Waals surface area contributed by atoms with Crippen LogP contribution in [0.3, 0.4) is 0 Å². The number of hydrogen-bond acceptors (Lipinski definition) is 9. The Labute approximate surface area is 237 Å². The molecule has 0 saturated carbocycles. The van der Waals surface area contributed by atoms with Gasteiger partial charge in [0.2, 0.25) is 5.88 Å². The van der Waals surface area contributed by atoms with E-state index in [1.54, 1.807) is 35.6 Å². The van der Waals surface area contributed by atoms with E-state index in [1.807, 2.05) is 27.7 Å². The predicted octanol–water partition coefficient (Wildman–Crippen LogP) is 5.70. The third kappa shape index (κ3) is 7.86. The number of halogens is 1. The van der Waals surface area contributed by atoms with E-state index in [-0.39, 0.29) is 23.0 Å². The Kier molecular flexibility index (Phi) is 9.34. The number of ether oxygens (including phenoxy) is 2. The largest absolute Gasteiger partial charge is 0.477 e. The highest BCUT2D eigenvalue weighted by molar-refractivity contribution is 7.16. The van der Waals surface area contributed by atoms with Crippen molar-refractivity contribution in [1.82, 2.24) is 30.2 Å². The van der Waals surface area contributed by atoms with Gasteiger partial charge in [0.1, 0.15) is 11.3 Å². The summed E-state index contributed by atoms with van der Waals surface area (Å²) in [5.41, 5.74) is 0.578. The lowest BCUT2D eigenvalue weighted by Crippen LogP contribution is -2.47. The van der Waals surface area contributed by atoms with Crippen molar-refractivity contribution in [3.05, 3.63) is 52.6 Å². The van der Waals surface area contributed by atoms with Crippen LogP contribution in [-0.4, -0.2) is 61.6 Å². The lowest BCUT2D eigenvalue weighted by atomic mass is 9.94. The van der Waals surface area contributed by atoms with Crippen LogP contribution in [0.15, 0.2) is 36.9 Å². The highest BCUT2D eigenvalue weighted by Crippen LogP contribution is 2.30. The second kappa shape index (κ2) is 12.7. The van der Waals surface area contributed by atoms with Crippen LogP contribution in [0.4, 0.5) is 4.79 Å². The fourth-order valence-corrected chi connectivity index (χ4v) is 5.29. The average molecular weight is 573 g/mol. The normalized spacial score (nSPS) is 16.4. The van der Waals surface area contributed by atoms with Crippen LogP contribution in [0.1, 0.15) is 74.9 Å². The Morgan fingerprint density at radius 3 is 2.79 bits per heavy atom. The van der Waals surface area contributed by atoms with Crippen LogP contribution in [0, 0.1) is 0 Å². The highest BCUT2D eigenvalue weighted by atomic mass is 35.5. The number of nitrogens with zero attached hydrogens (tertiary/aromatic N) is 5. The molecule has 39 heavy (non-hydrogen) atoms. The van der Waals surface area contributed by atoms with E-state index in [4.69, 9.17) is 21.1 Å². The third-order valence-electron chi connectivity index (χ3n) is 6.03. The van der Waals surface area contributed by atoms with Crippen molar-refractivity contribution in [2.75, 3.05) is 13.2 Å². The van der Waals surface area contributed by atoms with Gasteiger partial charge in [-0.3, -0.25) is 14.8 Å². The first-order valence-electron chi connectivity index (χ1n) is 13.0. The third-order valence-corrected chi connectivity index (χ3v) is 7.28. The number of rotatable bonds is 8. The molecule has 3 aromatic heterocycles. The van der Waals surface area contributed by atoms with Crippen LogP contribution >= 0.6 is 22.9 Å². The van der Waals surface area contributed by atoms with Gasteiger partial charge in [-0.15, -0.1) is 11.3 Å². The lowest BCUT2D eigenvalue weighted by Gasteiger charge is -2.38. The molecule has 0 spiro atoms. The summed E-state index contributed by atoms with van der Waals surface area (Å²) in [6, 6.07) is 2.78. The molecular weight excluding hydrogens is 540 g/mol. The number of likely N-dealkylation sites (tertiary alicyclic amines) is 1. The van der Waals surface area contributed by atoms with Gasteiger partial charge in [-0.2, -0.15) is 0 Å². The topological polar surface area (TPSA) is 119 Å². The van der Waals surface area contributed by atoms with Crippen molar-refractivity contribution in [2.24, 2.45) is 0 Å². The molecule has 4 heterocycles. The Bertz CT molecular complexity index is 1300. The molecule has 10 nitrogen and oxygen atoms in total. The van der Waals surface area contributed by atoms with Gasteiger partial charge in [-0.1, -0.05) is 11.6 Å². The van der Waals surface area contributed by atoms with Crippen molar-refractivity contribution in [3.63, 3.8) is 0 Å². The summed E-state index contributed by atoms with van der Waals surface area (Å²) in [6.45, 7) is 8.49. The summed E-state index contributed by atoms with van der Waals surface area (Å²) >= 11 is 7.48. The van der Waals surface area contributed by atoms with E-state index in [1.165, 1.54) is 17.5 Å². The van der Waals surface area contributed by atoms with Gasteiger partial charge in [0.15, 0.2) is 5.01 Å². The van der Waals surface area contributed by atoms with E-state index in [2.05, 4.69) is 25.3 Å². The Hall–Kier alpha value is -3.31. The molecule has 0 aromatic carbocycles. The number of pyridine rings is 1. The maximum absolute atomic E-state index is 13.4. The molecule has 4 rings (SSSR count). The first kappa shape index (κ1) is 28.7. The number of piperidine rings is 1. The summed E-state index contributed by atoms with van der Waals surface area (Å²) in [7, 11) is 0. The average Bonchev–Trinajstić information content (AvgIpc) is 3.39. The molecule has 3 aromatic rings. The Balaban J connectivity index is 1.55. The zero-order chi connectivity index (χ0) is 28.0. The van der Waals surface area contributed by atoms with Gasteiger partial charge < -0.3 is 19.7 Å². The van der Waals surface area contributed by atoms with Crippen molar-refractivity contribution < 1.29 is 19.1 Å². The van der Waals surface area contributed by atoms with Crippen molar-refractivity contribution in [1.29, 1.82) is 0 Å². The van der Waals surface area contributed by atoms with Crippen molar-refractivity contribution >= 4 is 34.9 Å². The molecule has 1 saturated heterocycles. The van der Waals surface area contributed by atoms with Crippen LogP contribution in [-0.2, 0) is 4.74 Å². The summed E-state index contributed by atoms with van der Waals surface area (Å²) < 4.78 is 11.1. The van der Waals surface area contributed by atoms with Gasteiger partial charge in [0.25, 0.3) is 5.91 Å².